The van der Waals surface area contributed by atoms with Crippen LogP contribution in [0.5, 0.6) is 0 Å². The Morgan fingerprint density at radius 2 is 1.96 bits per heavy atom. The zero-order valence-electron chi connectivity index (χ0n) is 15.7. The van der Waals surface area contributed by atoms with Gasteiger partial charge in [0.2, 0.25) is 5.91 Å². The predicted molar refractivity (Wildman–Crippen MR) is 95.2 cm³/mol. The molecule has 0 saturated carbocycles. The summed E-state index contributed by atoms with van der Waals surface area (Å²) in [6, 6.07) is 4.82. The Balaban J connectivity index is 2.19. The summed E-state index contributed by atoms with van der Waals surface area (Å²) >= 11 is 0. The molecule has 2 rings (SSSR count). The van der Waals surface area contributed by atoms with E-state index >= 15 is 0 Å². The second-order valence-corrected chi connectivity index (χ2v) is 6.70. The predicted octanol–water partition coefficient (Wildman–Crippen LogP) is 1.10. The van der Waals surface area contributed by atoms with Crippen molar-refractivity contribution in [2.45, 2.75) is 50.8 Å². The Morgan fingerprint density at radius 3 is 2.48 bits per heavy atom. The van der Waals surface area contributed by atoms with Gasteiger partial charge in [-0.25, -0.2) is 9.18 Å². The van der Waals surface area contributed by atoms with Crippen molar-refractivity contribution in [2.75, 3.05) is 13.7 Å². The molecule has 2 N–H and O–H groups in total. The average molecular weight is 380 g/mol. The molecule has 1 heterocycles. The summed E-state index contributed by atoms with van der Waals surface area (Å²) in [5.74, 6) is -2.01. The summed E-state index contributed by atoms with van der Waals surface area (Å²) < 4.78 is 22.9. The first-order valence-electron chi connectivity index (χ1n) is 8.83. The summed E-state index contributed by atoms with van der Waals surface area (Å²) in [6.07, 6.45) is 0.807. The molecule has 3 atom stereocenters. The average Bonchev–Trinajstić information content (AvgIpc) is 3.10. The first-order chi connectivity index (χ1) is 12.8. The molecule has 1 saturated heterocycles. The van der Waals surface area contributed by atoms with E-state index in [1.165, 1.54) is 33.1 Å². The molecule has 7 nitrogen and oxygen atoms in total. The van der Waals surface area contributed by atoms with E-state index < -0.39 is 35.5 Å². The maximum Gasteiger partial charge on any atom is 0.332 e. The number of hydrogen-bond acceptors (Lipinski definition) is 6. The van der Waals surface area contributed by atoms with Crippen LogP contribution in [0, 0.1) is 5.82 Å². The molecular weight excluding hydrogens is 355 g/mol. The molecule has 0 aromatic heterocycles. The van der Waals surface area contributed by atoms with E-state index in [1.807, 2.05) is 0 Å². The number of carbonyl (C=O) groups excluding carboxylic acids is 3. The van der Waals surface area contributed by atoms with Crippen LogP contribution in [0.2, 0.25) is 0 Å². The van der Waals surface area contributed by atoms with Gasteiger partial charge >= 0.3 is 11.9 Å². The third-order valence-corrected chi connectivity index (χ3v) is 4.66. The van der Waals surface area contributed by atoms with E-state index in [0.717, 1.165) is 12.0 Å². The largest absolute Gasteiger partial charge is 0.467 e. The fourth-order valence-electron chi connectivity index (χ4n) is 3.29. The first kappa shape index (κ1) is 20.8. The van der Waals surface area contributed by atoms with Crippen LogP contribution in [0.25, 0.3) is 0 Å². The van der Waals surface area contributed by atoms with Gasteiger partial charge in [-0.05, 0) is 50.4 Å². The third kappa shape index (κ3) is 5.26. The Labute approximate surface area is 157 Å². The molecule has 1 aromatic rings. The first-order valence-corrected chi connectivity index (χ1v) is 8.83. The zero-order valence-corrected chi connectivity index (χ0v) is 15.7. The van der Waals surface area contributed by atoms with E-state index in [4.69, 9.17) is 9.47 Å². The van der Waals surface area contributed by atoms with Gasteiger partial charge < -0.3 is 20.1 Å². The molecule has 1 aliphatic rings. The highest BCUT2D eigenvalue weighted by Gasteiger charge is 2.43. The van der Waals surface area contributed by atoms with Crippen molar-refractivity contribution < 1.29 is 28.2 Å². The number of methoxy groups -OCH3 is 1. The summed E-state index contributed by atoms with van der Waals surface area (Å²) in [6.45, 7) is 3.39. The van der Waals surface area contributed by atoms with Gasteiger partial charge in [-0.15, -0.1) is 0 Å². The molecule has 27 heavy (non-hydrogen) atoms. The second kappa shape index (κ2) is 8.94. The lowest BCUT2D eigenvalue weighted by atomic mass is 9.88. The molecule has 0 radical (unpaired) electrons. The van der Waals surface area contributed by atoms with Gasteiger partial charge in [0.15, 0.2) is 6.04 Å². The van der Waals surface area contributed by atoms with Crippen LogP contribution < -0.4 is 10.6 Å². The van der Waals surface area contributed by atoms with Gasteiger partial charge in [0.05, 0.1) is 7.11 Å². The fraction of sp³-hybridized carbons (Fsp3) is 0.526. The topological polar surface area (TPSA) is 93.7 Å². The minimum absolute atomic E-state index is 0.342. The minimum atomic E-state index is -1.13. The monoisotopic (exact) mass is 380 g/mol. The molecule has 8 heteroatoms. The SMILES string of the molecule is COC(=O)C(NC(=O)C1(Cc2ccc(F)cc2)CCCN1)C(C)OC(C)=O. The highest BCUT2D eigenvalue weighted by atomic mass is 19.1. The highest BCUT2D eigenvalue weighted by molar-refractivity contribution is 5.91. The van der Waals surface area contributed by atoms with E-state index in [0.29, 0.717) is 19.4 Å². The number of nitrogens with one attached hydrogen (secondary N) is 2. The standard InChI is InChI=1S/C19H25FN2O5/c1-12(27-13(2)23)16(17(24)26-3)22-18(25)19(9-4-10-21-19)11-14-5-7-15(20)8-6-14/h5-8,12,16,21H,4,9-11H2,1-3H3,(H,22,25). The van der Waals surface area contributed by atoms with Crippen LogP contribution in [-0.2, 0) is 30.3 Å². The van der Waals surface area contributed by atoms with Gasteiger partial charge in [-0.3, -0.25) is 9.59 Å². The summed E-state index contributed by atoms with van der Waals surface area (Å²) in [5, 5.41) is 5.87. The Bertz CT molecular complexity index is 686. The van der Waals surface area contributed by atoms with Crippen molar-refractivity contribution in [1.82, 2.24) is 10.6 Å². The Morgan fingerprint density at radius 1 is 1.30 bits per heavy atom. The maximum atomic E-state index is 13.2. The molecule has 3 unspecified atom stereocenters. The number of carbonyl (C=O) groups is 3. The number of hydrogen-bond donors (Lipinski definition) is 2. The van der Waals surface area contributed by atoms with Gasteiger partial charge in [-0.1, -0.05) is 12.1 Å². The van der Waals surface area contributed by atoms with Crippen molar-refractivity contribution in [3.05, 3.63) is 35.6 Å². The van der Waals surface area contributed by atoms with Crippen LogP contribution in [0.4, 0.5) is 4.39 Å². The van der Waals surface area contributed by atoms with Gasteiger partial charge in [0.25, 0.3) is 0 Å². The van der Waals surface area contributed by atoms with Crippen LogP contribution in [0.3, 0.4) is 0 Å². The number of benzene rings is 1. The smallest absolute Gasteiger partial charge is 0.332 e. The maximum absolute atomic E-state index is 13.2. The lowest BCUT2D eigenvalue weighted by Crippen LogP contribution is -2.60. The van der Waals surface area contributed by atoms with Crippen molar-refractivity contribution in [3.63, 3.8) is 0 Å². The van der Waals surface area contributed by atoms with Gasteiger partial charge in [0.1, 0.15) is 17.5 Å². The number of ether oxygens (including phenoxy) is 2. The molecule has 1 fully saturated rings. The summed E-state index contributed by atoms with van der Waals surface area (Å²) in [4.78, 5) is 36.4. The highest BCUT2D eigenvalue weighted by Crippen LogP contribution is 2.25. The van der Waals surface area contributed by atoms with Crippen LogP contribution >= 0.6 is 0 Å². The molecule has 0 aliphatic carbocycles. The van der Waals surface area contributed by atoms with Crippen LogP contribution in [-0.4, -0.2) is 49.2 Å². The van der Waals surface area contributed by atoms with Gasteiger partial charge in [-0.2, -0.15) is 0 Å². The Kier molecular flexibility index (Phi) is 6.90. The summed E-state index contributed by atoms with van der Waals surface area (Å²) in [7, 11) is 1.20. The lowest BCUT2D eigenvalue weighted by molar-refractivity contribution is -0.156. The molecule has 0 bridgehead atoms. The van der Waals surface area contributed by atoms with Gasteiger partial charge in [0, 0.05) is 6.92 Å². The van der Waals surface area contributed by atoms with E-state index in [1.54, 1.807) is 12.1 Å². The molecule has 1 aliphatic heterocycles. The number of amides is 1. The number of rotatable bonds is 7. The Hall–Kier alpha value is -2.48. The minimum Gasteiger partial charge on any atom is -0.467 e. The van der Waals surface area contributed by atoms with Crippen LogP contribution in [0.1, 0.15) is 32.3 Å². The van der Waals surface area contributed by atoms with E-state index in [9.17, 15) is 18.8 Å². The normalized spacial score (nSPS) is 21.2. The third-order valence-electron chi connectivity index (χ3n) is 4.66. The molecule has 148 valence electrons. The number of halogens is 1. The van der Waals surface area contributed by atoms with Crippen molar-refractivity contribution in [2.24, 2.45) is 0 Å². The quantitative estimate of drug-likeness (QED) is 0.688. The zero-order chi connectivity index (χ0) is 20.0. The molecule has 1 aromatic carbocycles. The van der Waals surface area contributed by atoms with E-state index in [2.05, 4.69) is 10.6 Å². The van der Waals surface area contributed by atoms with Crippen molar-refractivity contribution in [3.8, 4) is 0 Å². The second-order valence-electron chi connectivity index (χ2n) is 6.70. The van der Waals surface area contributed by atoms with E-state index in [-0.39, 0.29) is 5.82 Å². The molecular formula is C19H25FN2O5. The van der Waals surface area contributed by atoms with Crippen molar-refractivity contribution >= 4 is 17.8 Å². The lowest BCUT2D eigenvalue weighted by Gasteiger charge is -2.31. The van der Waals surface area contributed by atoms with Crippen LogP contribution in [0.15, 0.2) is 24.3 Å². The molecule has 0 spiro atoms. The fourth-order valence-corrected chi connectivity index (χ4v) is 3.29. The number of esters is 2. The van der Waals surface area contributed by atoms with Crippen molar-refractivity contribution in [1.29, 1.82) is 0 Å². The molecule has 1 amide bonds. The summed E-state index contributed by atoms with van der Waals surface area (Å²) in [5.41, 5.74) is -0.136.